The number of benzene rings is 4. The topological polar surface area (TPSA) is 75.7 Å². The molecule has 0 aliphatic heterocycles. The molecule has 36 heavy (non-hydrogen) atoms. The largest absolute Gasteiger partial charge is 0.484 e. The first-order valence-electron chi connectivity index (χ1n) is 11.5. The predicted octanol–water partition coefficient (Wildman–Crippen LogP) is 5.43. The monoisotopic (exact) mass is 500 g/mol. The Kier molecular flexibility index (Phi) is 7.71. The van der Waals surface area contributed by atoms with E-state index >= 15 is 0 Å². The smallest absolute Gasteiger partial charge is 0.264 e. The Hall–Kier alpha value is -4.10. The van der Waals surface area contributed by atoms with E-state index in [4.69, 9.17) is 4.74 Å². The molecule has 0 bridgehead atoms. The van der Waals surface area contributed by atoms with Gasteiger partial charge in [0.2, 0.25) is 0 Å². The van der Waals surface area contributed by atoms with E-state index in [-0.39, 0.29) is 17.4 Å². The number of nitrogens with one attached hydrogen (secondary N) is 1. The van der Waals surface area contributed by atoms with Gasteiger partial charge in [0.05, 0.1) is 10.6 Å². The van der Waals surface area contributed by atoms with E-state index < -0.39 is 10.0 Å². The van der Waals surface area contributed by atoms with E-state index in [0.29, 0.717) is 17.9 Å². The zero-order chi connectivity index (χ0) is 25.5. The molecule has 0 fully saturated rings. The molecule has 0 saturated carbocycles. The molecule has 0 aliphatic carbocycles. The number of carbonyl (C=O) groups excluding carboxylic acids is 1. The fraction of sp³-hybridized carbons (Fsp3) is 0.138. The number of rotatable bonds is 9. The lowest BCUT2D eigenvalue weighted by molar-refractivity contribution is -0.118. The molecule has 1 N–H and O–H groups in total. The first-order chi connectivity index (χ1) is 17.3. The summed E-state index contributed by atoms with van der Waals surface area (Å²) < 4.78 is 32.7. The van der Waals surface area contributed by atoms with Crippen molar-refractivity contribution in [1.29, 1.82) is 0 Å². The third-order valence-corrected chi connectivity index (χ3v) is 7.58. The fourth-order valence-corrected chi connectivity index (χ4v) is 4.90. The number of hydrogen-bond acceptors (Lipinski definition) is 4. The van der Waals surface area contributed by atoms with Crippen LogP contribution in [-0.4, -0.2) is 28.0 Å². The average Bonchev–Trinajstić information content (AvgIpc) is 2.89. The van der Waals surface area contributed by atoms with Crippen molar-refractivity contribution in [1.82, 2.24) is 0 Å². The average molecular weight is 501 g/mol. The van der Waals surface area contributed by atoms with Gasteiger partial charge < -0.3 is 10.1 Å². The van der Waals surface area contributed by atoms with Crippen molar-refractivity contribution >= 4 is 27.3 Å². The number of amides is 1. The van der Waals surface area contributed by atoms with Crippen LogP contribution in [0.5, 0.6) is 5.75 Å². The normalized spacial score (nSPS) is 11.1. The maximum absolute atomic E-state index is 12.9. The number of anilines is 2. The van der Waals surface area contributed by atoms with Crippen molar-refractivity contribution in [2.75, 3.05) is 23.3 Å². The molecule has 0 unspecified atom stereocenters. The molecule has 184 valence electrons. The van der Waals surface area contributed by atoms with Gasteiger partial charge in [0.1, 0.15) is 5.75 Å². The molecule has 6 nitrogen and oxygen atoms in total. The second kappa shape index (κ2) is 11.1. The molecule has 4 aromatic rings. The van der Waals surface area contributed by atoms with Crippen LogP contribution in [0.25, 0.3) is 0 Å². The number of nitrogens with zero attached hydrogens (tertiary/aromatic N) is 1. The molecule has 0 aliphatic rings. The van der Waals surface area contributed by atoms with E-state index in [0.717, 1.165) is 22.4 Å². The van der Waals surface area contributed by atoms with Gasteiger partial charge in [-0.25, -0.2) is 8.42 Å². The highest BCUT2D eigenvalue weighted by Crippen LogP contribution is 2.25. The van der Waals surface area contributed by atoms with Gasteiger partial charge in [-0.1, -0.05) is 66.2 Å². The maximum atomic E-state index is 12.9. The number of aryl methyl sites for hydroxylation is 1. The van der Waals surface area contributed by atoms with Crippen molar-refractivity contribution < 1.29 is 17.9 Å². The first-order valence-corrected chi connectivity index (χ1v) is 13.0. The zero-order valence-corrected chi connectivity index (χ0v) is 21.0. The molecule has 0 saturated heterocycles. The number of hydrogen-bond donors (Lipinski definition) is 1. The van der Waals surface area contributed by atoms with Gasteiger partial charge in [-0.15, -0.1) is 0 Å². The van der Waals surface area contributed by atoms with Crippen LogP contribution < -0.4 is 14.4 Å². The first kappa shape index (κ1) is 25.0. The van der Waals surface area contributed by atoms with Crippen LogP contribution in [0.3, 0.4) is 0 Å². The Balaban J connectivity index is 1.36. The molecule has 0 heterocycles. The Morgan fingerprint density at radius 2 is 1.47 bits per heavy atom. The molecule has 1 amide bonds. The van der Waals surface area contributed by atoms with Crippen LogP contribution in [0, 0.1) is 6.92 Å². The predicted molar refractivity (Wildman–Crippen MR) is 143 cm³/mol. The third kappa shape index (κ3) is 6.12. The SMILES string of the molecule is Cc1ccc(S(=O)(=O)N(C)c2ccc(OCC(=O)Nc3ccccc3Cc3ccccc3)cc2)cc1. The van der Waals surface area contributed by atoms with Gasteiger partial charge in [-0.3, -0.25) is 9.10 Å². The molecule has 0 atom stereocenters. The number of para-hydroxylation sites is 1. The summed E-state index contributed by atoms with van der Waals surface area (Å²) in [6, 6.07) is 31.0. The number of ether oxygens (including phenoxy) is 1. The molecule has 4 rings (SSSR count). The highest BCUT2D eigenvalue weighted by Gasteiger charge is 2.21. The third-order valence-electron chi connectivity index (χ3n) is 5.78. The Morgan fingerprint density at radius 3 is 2.17 bits per heavy atom. The minimum Gasteiger partial charge on any atom is -0.484 e. The lowest BCUT2D eigenvalue weighted by Crippen LogP contribution is -2.26. The van der Waals surface area contributed by atoms with Crippen molar-refractivity contribution in [3.63, 3.8) is 0 Å². The second-order valence-corrected chi connectivity index (χ2v) is 10.4. The van der Waals surface area contributed by atoms with Gasteiger partial charge in [-0.2, -0.15) is 0 Å². The molecular formula is C29H28N2O4S. The summed E-state index contributed by atoms with van der Waals surface area (Å²) in [5, 5.41) is 2.92. The highest BCUT2D eigenvalue weighted by molar-refractivity contribution is 7.92. The second-order valence-electron chi connectivity index (χ2n) is 8.44. The summed E-state index contributed by atoms with van der Waals surface area (Å²) in [6.45, 7) is 1.74. The van der Waals surface area contributed by atoms with E-state index in [9.17, 15) is 13.2 Å². The fourth-order valence-electron chi connectivity index (χ4n) is 3.71. The van der Waals surface area contributed by atoms with Gasteiger partial charge in [0, 0.05) is 12.7 Å². The van der Waals surface area contributed by atoms with Crippen molar-refractivity contribution in [3.05, 3.63) is 120 Å². The Bertz CT molecular complexity index is 1420. The molecule has 7 heteroatoms. The van der Waals surface area contributed by atoms with E-state index in [1.165, 1.54) is 11.4 Å². The summed E-state index contributed by atoms with van der Waals surface area (Å²) in [5.41, 5.74) is 4.39. The van der Waals surface area contributed by atoms with Gasteiger partial charge in [-0.05, 0) is 66.9 Å². The lowest BCUT2D eigenvalue weighted by atomic mass is 10.0. The number of sulfonamides is 1. The standard InChI is InChI=1S/C29H28N2O4S/c1-22-12-18-27(19-13-22)36(33,34)31(2)25-14-16-26(17-15-25)35-21-29(32)30-28-11-7-6-10-24(28)20-23-8-4-3-5-9-23/h3-19H,20-21H2,1-2H3,(H,30,32). The Labute approximate surface area is 212 Å². The minimum absolute atomic E-state index is 0.170. The molecular weight excluding hydrogens is 472 g/mol. The van der Waals surface area contributed by atoms with E-state index in [1.54, 1.807) is 48.5 Å². The van der Waals surface area contributed by atoms with Crippen LogP contribution >= 0.6 is 0 Å². The molecule has 0 radical (unpaired) electrons. The van der Waals surface area contributed by atoms with Gasteiger partial charge in [0.25, 0.3) is 15.9 Å². The summed E-state index contributed by atoms with van der Waals surface area (Å²) in [6.07, 6.45) is 0.707. The highest BCUT2D eigenvalue weighted by atomic mass is 32.2. The van der Waals surface area contributed by atoms with E-state index in [1.807, 2.05) is 49.4 Å². The summed E-state index contributed by atoms with van der Waals surface area (Å²) in [4.78, 5) is 12.8. The summed E-state index contributed by atoms with van der Waals surface area (Å²) >= 11 is 0. The minimum atomic E-state index is -3.68. The van der Waals surface area contributed by atoms with Crippen LogP contribution in [0.1, 0.15) is 16.7 Å². The molecule has 0 spiro atoms. The Morgan fingerprint density at radius 1 is 0.833 bits per heavy atom. The zero-order valence-electron chi connectivity index (χ0n) is 20.2. The quantitative estimate of drug-likeness (QED) is 0.333. The van der Waals surface area contributed by atoms with Crippen LogP contribution in [0.2, 0.25) is 0 Å². The van der Waals surface area contributed by atoms with Crippen LogP contribution in [0.15, 0.2) is 108 Å². The van der Waals surface area contributed by atoms with E-state index in [2.05, 4.69) is 17.4 Å². The van der Waals surface area contributed by atoms with Crippen molar-refractivity contribution in [3.8, 4) is 5.75 Å². The van der Waals surface area contributed by atoms with Gasteiger partial charge >= 0.3 is 0 Å². The summed E-state index contributed by atoms with van der Waals surface area (Å²) in [5.74, 6) is 0.186. The number of carbonyl (C=O) groups is 1. The van der Waals surface area contributed by atoms with Crippen LogP contribution in [0.4, 0.5) is 11.4 Å². The van der Waals surface area contributed by atoms with Gasteiger partial charge in [0.15, 0.2) is 6.61 Å². The van der Waals surface area contributed by atoms with Crippen molar-refractivity contribution in [2.24, 2.45) is 0 Å². The molecule has 0 aromatic heterocycles. The molecule has 4 aromatic carbocycles. The lowest BCUT2D eigenvalue weighted by Gasteiger charge is -2.20. The van der Waals surface area contributed by atoms with Crippen molar-refractivity contribution in [2.45, 2.75) is 18.2 Å². The maximum Gasteiger partial charge on any atom is 0.264 e. The van der Waals surface area contributed by atoms with Crippen LogP contribution in [-0.2, 0) is 21.2 Å². The summed E-state index contributed by atoms with van der Waals surface area (Å²) in [7, 11) is -2.18.